The molecule has 0 radical (unpaired) electrons. The van der Waals surface area contributed by atoms with Crippen molar-refractivity contribution in [3.05, 3.63) is 0 Å². The molecular formula is C30H53NS. The summed E-state index contributed by atoms with van der Waals surface area (Å²) in [7, 11) is 0. The predicted octanol–water partition coefficient (Wildman–Crippen LogP) is 8.53. The predicted molar refractivity (Wildman–Crippen MR) is 141 cm³/mol. The summed E-state index contributed by atoms with van der Waals surface area (Å²) in [6.45, 7) is 14.2. The molecule has 0 unspecified atom stereocenters. The van der Waals surface area contributed by atoms with Gasteiger partial charge in [0.25, 0.3) is 0 Å². The summed E-state index contributed by atoms with van der Waals surface area (Å²) in [5, 5.41) is 4.00. The normalized spacial score (nSPS) is 49.5. The molecular weight excluding hydrogens is 406 g/mol. The third kappa shape index (κ3) is 4.04. The van der Waals surface area contributed by atoms with Gasteiger partial charge < -0.3 is 5.32 Å². The maximum atomic E-state index is 4.00. The van der Waals surface area contributed by atoms with E-state index in [1.165, 1.54) is 70.1 Å². The molecule has 184 valence electrons. The molecule has 0 aromatic rings. The monoisotopic (exact) mass is 459 g/mol. The molecule has 9 atom stereocenters. The molecule has 1 spiro atoms. The van der Waals surface area contributed by atoms with E-state index in [1.807, 2.05) is 0 Å². The van der Waals surface area contributed by atoms with Crippen LogP contribution in [0, 0.1) is 52.3 Å². The van der Waals surface area contributed by atoms with Gasteiger partial charge >= 0.3 is 0 Å². The van der Waals surface area contributed by atoms with E-state index in [4.69, 9.17) is 0 Å². The molecule has 4 aliphatic carbocycles. The van der Waals surface area contributed by atoms with Crippen LogP contribution in [-0.2, 0) is 0 Å². The first-order valence-electron chi connectivity index (χ1n) is 14.7. The molecule has 1 saturated heterocycles. The highest BCUT2D eigenvalue weighted by Crippen LogP contribution is 2.69. The third-order valence-corrected chi connectivity index (χ3v) is 13.6. The SMILES string of the molecule is CC(C)CCC[C@H](C)[C@H]1CC[C@H]2[C@@H]3CC[C@H]4C[C@]5(CC[C@]4(C)[C@H]3CC[C@]12C)NCCCS5. The van der Waals surface area contributed by atoms with Crippen molar-refractivity contribution in [2.75, 3.05) is 12.3 Å². The van der Waals surface area contributed by atoms with Gasteiger partial charge in [0.2, 0.25) is 0 Å². The van der Waals surface area contributed by atoms with Crippen molar-refractivity contribution in [2.24, 2.45) is 52.3 Å². The van der Waals surface area contributed by atoms with Crippen LogP contribution < -0.4 is 5.32 Å². The maximum Gasteiger partial charge on any atom is 0.0648 e. The highest BCUT2D eigenvalue weighted by Gasteiger charge is 2.61. The molecule has 5 aliphatic rings. The number of thioether (sulfide) groups is 1. The third-order valence-electron chi connectivity index (χ3n) is 12.1. The first kappa shape index (κ1) is 24.0. The zero-order valence-electron chi connectivity index (χ0n) is 22.1. The second-order valence-electron chi connectivity index (χ2n) is 14.0. The van der Waals surface area contributed by atoms with Gasteiger partial charge in [0.05, 0.1) is 4.87 Å². The van der Waals surface area contributed by atoms with Gasteiger partial charge in [0, 0.05) is 0 Å². The molecule has 1 nitrogen and oxygen atoms in total. The molecule has 0 amide bonds. The van der Waals surface area contributed by atoms with E-state index in [1.54, 1.807) is 25.7 Å². The Morgan fingerprint density at radius 1 is 0.875 bits per heavy atom. The van der Waals surface area contributed by atoms with E-state index < -0.39 is 0 Å². The van der Waals surface area contributed by atoms with E-state index >= 15 is 0 Å². The number of rotatable bonds is 5. The van der Waals surface area contributed by atoms with Gasteiger partial charge in [-0.3, -0.25) is 0 Å². The van der Waals surface area contributed by atoms with Crippen LogP contribution >= 0.6 is 11.8 Å². The Morgan fingerprint density at radius 3 is 2.44 bits per heavy atom. The van der Waals surface area contributed by atoms with E-state index in [-0.39, 0.29) is 0 Å². The largest absolute Gasteiger partial charge is 0.303 e. The topological polar surface area (TPSA) is 12.0 Å². The minimum Gasteiger partial charge on any atom is -0.303 e. The Balaban J connectivity index is 1.27. The summed E-state index contributed by atoms with van der Waals surface area (Å²) >= 11 is 2.29. The summed E-state index contributed by atoms with van der Waals surface area (Å²) in [6, 6.07) is 0. The van der Waals surface area contributed by atoms with Gasteiger partial charge in [-0.05, 0) is 129 Å². The van der Waals surface area contributed by atoms with E-state index in [9.17, 15) is 0 Å². The molecule has 32 heavy (non-hydrogen) atoms. The zero-order valence-corrected chi connectivity index (χ0v) is 22.9. The smallest absolute Gasteiger partial charge is 0.0648 e. The lowest BCUT2D eigenvalue weighted by atomic mass is 9.44. The summed E-state index contributed by atoms with van der Waals surface area (Å²) in [4.78, 5) is 0.447. The Hall–Kier alpha value is 0.310. The lowest BCUT2D eigenvalue weighted by Crippen LogP contribution is -2.59. The Morgan fingerprint density at radius 2 is 1.69 bits per heavy atom. The molecule has 0 aromatic heterocycles. The van der Waals surface area contributed by atoms with Gasteiger partial charge in [-0.25, -0.2) is 0 Å². The van der Waals surface area contributed by atoms with Gasteiger partial charge in [0.15, 0.2) is 0 Å². The molecule has 1 heterocycles. The second-order valence-corrected chi connectivity index (χ2v) is 15.5. The molecule has 0 aromatic carbocycles. The highest BCUT2D eigenvalue weighted by molar-refractivity contribution is 8.00. The Bertz CT molecular complexity index is 653. The average molecular weight is 460 g/mol. The standard InChI is InChI=1S/C30H53NS/c1-21(2)8-6-9-22(3)25-12-13-26-24-11-10-23-20-30(31-18-7-19-32-30)17-16-28(23,4)27(24)14-15-29(25,26)5/h21-27,31H,6-20H2,1-5H3/t22-,23-,24-,25+,26-,27-,28-,29+,30+/m0/s1. The van der Waals surface area contributed by atoms with E-state index in [0.29, 0.717) is 15.7 Å². The molecule has 0 bridgehead atoms. The highest BCUT2D eigenvalue weighted by atomic mass is 32.2. The molecule has 1 N–H and O–H groups in total. The molecule has 2 heteroatoms. The van der Waals surface area contributed by atoms with Crippen molar-refractivity contribution < 1.29 is 0 Å². The van der Waals surface area contributed by atoms with Crippen molar-refractivity contribution in [1.29, 1.82) is 0 Å². The lowest BCUT2D eigenvalue weighted by molar-refractivity contribution is -0.120. The van der Waals surface area contributed by atoms with Crippen LogP contribution in [0.1, 0.15) is 118 Å². The minimum atomic E-state index is 0.447. The maximum absolute atomic E-state index is 4.00. The van der Waals surface area contributed by atoms with Crippen LogP contribution in [0.15, 0.2) is 0 Å². The van der Waals surface area contributed by atoms with Crippen LogP contribution in [0.4, 0.5) is 0 Å². The Kier molecular flexibility index (Phi) is 6.81. The number of fused-ring (bicyclic) bond motifs is 5. The second kappa shape index (κ2) is 9.07. The van der Waals surface area contributed by atoms with Crippen molar-refractivity contribution in [1.82, 2.24) is 5.32 Å². The minimum absolute atomic E-state index is 0.447. The van der Waals surface area contributed by atoms with E-state index in [0.717, 1.165) is 41.4 Å². The fourth-order valence-corrected chi connectivity index (χ4v) is 11.7. The number of nitrogens with one attached hydrogen (secondary N) is 1. The van der Waals surface area contributed by atoms with Gasteiger partial charge in [0.1, 0.15) is 0 Å². The number of hydrogen-bond acceptors (Lipinski definition) is 2. The van der Waals surface area contributed by atoms with Crippen molar-refractivity contribution in [3.63, 3.8) is 0 Å². The van der Waals surface area contributed by atoms with Crippen LogP contribution in [0.25, 0.3) is 0 Å². The van der Waals surface area contributed by atoms with Gasteiger partial charge in [-0.15, -0.1) is 11.8 Å². The Labute approximate surface area is 204 Å². The van der Waals surface area contributed by atoms with Crippen LogP contribution in [-0.4, -0.2) is 17.2 Å². The first-order chi connectivity index (χ1) is 15.3. The van der Waals surface area contributed by atoms with Crippen molar-refractivity contribution >= 4 is 11.8 Å². The van der Waals surface area contributed by atoms with Crippen LogP contribution in [0.3, 0.4) is 0 Å². The fraction of sp³-hybridized carbons (Fsp3) is 1.00. The summed E-state index contributed by atoms with van der Waals surface area (Å²) in [6.07, 6.45) is 19.4. The first-order valence-corrected chi connectivity index (χ1v) is 15.6. The molecule has 4 saturated carbocycles. The quantitative estimate of drug-likeness (QED) is 0.442. The average Bonchev–Trinajstić information content (AvgIpc) is 3.12. The summed E-state index contributed by atoms with van der Waals surface area (Å²) < 4.78 is 0. The lowest BCUT2D eigenvalue weighted by Gasteiger charge is -2.63. The number of hydrogen-bond donors (Lipinski definition) is 1. The fourth-order valence-electron chi connectivity index (χ4n) is 10.3. The van der Waals surface area contributed by atoms with Gasteiger partial charge in [-0.1, -0.05) is 53.9 Å². The van der Waals surface area contributed by atoms with Crippen molar-refractivity contribution in [2.45, 2.75) is 123 Å². The summed E-state index contributed by atoms with van der Waals surface area (Å²) in [5.41, 5.74) is 1.29. The van der Waals surface area contributed by atoms with Crippen molar-refractivity contribution in [3.8, 4) is 0 Å². The molecule has 5 rings (SSSR count). The molecule has 1 aliphatic heterocycles. The van der Waals surface area contributed by atoms with E-state index in [2.05, 4.69) is 51.7 Å². The van der Waals surface area contributed by atoms with Gasteiger partial charge in [-0.2, -0.15) is 0 Å². The van der Waals surface area contributed by atoms with Crippen LogP contribution in [0.5, 0.6) is 0 Å². The zero-order chi connectivity index (χ0) is 22.6. The van der Waals surface area contributed by atoms with Crippen LogP contribution in [0.2, 0.25) is 0 Å². The summed E-state index contributed by atoms with van der Waals surface area (Å²) in [5.74, 6) is 8.29. The molecule has 5 fully saturated rings.